The topological polar surface area (TPSA) is 105 Å². The van der Waals surface area contributed by atoms with Crippen LogP contribution in [-0.2, 0) is 26.2 Å². The summed E-state index contributed by atoms with van der Waals surface area (Å²) >= 11 is 12.5. The number of amides is 2. The molecule has 3 aromatic carbocycles. The third-order valence-electron chi connectivity index (χ3n) is 6.29. The number of carbonyl (C=O) groups excluding carboxylic acids is 2. The summed E-state index contributed by atoms with van der Waals surface area (Å²) < 4.78 is 39.9. The molecule has 2 amide bonds. The minimum atomic E-state index is -4.30. The van der Waals surface area contributed by atoms with Crippen molar-refractivity contribution in [1.29, 1.82) is 0 Å². The average Bonchev–Trinajstić information content (AvgIpc) is 2.94. The van der Waals surface area contributed by atoms with E-state index in [-0.39, 0.29) is 22.9 Å². The van der Waals surface area contributed by atoms with Crippen LogP contribution in [0.3, 0.4) is 0 Å². The molecular weight excluding hydrogens is 601 g/mol. The number of anilines is 1. The molecule has 0 bridgehead atoms. The van der Waals surface area contributed by atoms with Crippen molar-refractivity contribution in [3.05, 3.63) is 82.3 Å². The number of halogens is 2. The number of rotatable bonds is 11. The normalized spacial score (nSPS) is 12.3. The van der Waals surface area contributed by atoms with E-state index in [0.717, 1.165) is 4.31 Å². The standard InChI is InChI=1S/C30H35Cl2N3O6S/c1-20(29(37)33-30(2,3)4)34(18-21-12-13-22(31)16-25(21)32)28(36)19-35(42(38,39)24-10-8-7-9-11-24)26-17-23(40-5)14-15-27(26)41-6/h7-17,20H,18-19H2,1-6H3,(H,33,37)/t20-/m0/s1. The van der Waals surface area contributed by atoms with Gasteiger partial charge < -0.3 is 19.7 Å². The molecule has 0 aliphatic carbocycles. The lowest BCUT2D eigenvalue weighted by molar-refractivity contribution is -0.140. The summed E-state index contributed by atoms with van der Waals surface area (Å²) in [5.74, 6) is -0.512. The zero-order valence-electron chi connectivity index (χ0n) is 24.4. The van der Waals surface area contributed by atoms with Gasteiger partial charge in [0.15, 0.2) is 0 Å². The van der Waals surface area contributed by atoms with Gasteiger partial charge in [0, 0.05) is 28.2 Å². The molecule has 0 heterocycles. The lowest BCUT2D eigenvalue weighted by Gasteiger charge is -2.34. The minimum Gasteiger partial charge on any atom is -0.497 e. The Kier molecular flexibility index (Phi) is 10.8. The van der Waals surface area contributed by atoms with Gasteiger partial charge in [-0.1, -0.05) is 47.5 Å². The van der Waals surface area contributed by atoms with E-state index in [1.165, 1.54) is 43.4 Å². The first kappa shape index (κ1) is 33.0. The molecule has 0 aromatic heterocycles. The van der Waals surface area contributed by atoms with Crippen LogP contribution in [0.2, 0.25) is 10.0 Å². The number of hydrogen-bond donors (Lipinski definition) is 1. The molecule has 12 heteroatoms. The summed E-state index contributed by atoms with van der Waals surface area (Å²) in [4.78, 5) is 28.7. The fourth-order valence-corrected chi connectivity index (χ4v) is 6.02. The van der Waals surface area contributed by atoms with Crippen LogP contribution in [0.25, 0.3) is 0 Å². The second kappa shape index (κ2) is 13.7. The van der Waals surface area contributed by atoms with Crippen LogP contribution in [0, 0.1) is 0 Å². The van der Waals surface area contributed by atoms with Crippen molar-refractivity contribution in [2.24, 2.45) is 0 Å². The van der Waals surface area contributed by atoms with Gasteiger partial charge in [0.2, 0.25) is 11.8 Å². The summed E-state index contributed by atoms with van der Waals surface area (Å²) in [6.07, 6.45) is 0. The van der Waals surface area contributed by atoms with Crippen LogP contribution in [0.15, 0.2) is 71.6 Å². The summed E-state index contributed by atoms with van der Waals surface area (Å²) in [6, 6.07) is 16.2. The van der Waals surface area contributed by atoms with Crippen LogP contribution in [-0.4, -0.2) is 57.5 Å². The number of ether oxygens (including phenoxy) is 2. The van der Waals surface area contributed by atoms with Gasteiger partial charge in [-0.25, -0.2) is 8.42 Å². The lowest BCUT2D eigenvalue weighted by Crippen LogP contribution is -2.54. The van der Waals surface area contributed by atoms with Crippen molar-refractivity contribution in [3.8, 4) is 11.5 Å². The molecule has 0 radical (unpaired) electrons. The van der Waals surface area contributed by atoms with Gasteiger partial charge in [-0.3, -0.25) is 13.9 Å². The minimum absolute atomic E-state index is 0.0338. The SMILES string of the molecule is COc1ccc(OC)c(N(CC(=O)N(Cc2ccc(Cl)cc2Cl)[C@@H](C)C(=O)NC(C)(C)C)S(=O)(=O)c2ccccc2)c1. The highest BCUT2D eigenvalue weighted by molar-refractivity contribution is 7.92. The van der Waals surface area contributed by atoms with E-state index in [4.69, 9.17) is 32.7 Å². The first-order valence-electron chi connectivity index (χ1n) is 13.0. The van der Waals surface area contributed by atoms with Crippen LogP contribution < -0.4 is 19.1 Å². The molecule has 1 atom stereocenters. The molecule has 0 saturated heterocycles. The van der Waals surface area contributed by atoms with Gasteiger partial charge in [0.05, 0.1) is 24.8 Å². The van der Waals surface area contributed by atoms with E-state index < -0.39 is 40.0 Å². The fourth-order valence-electron chi connectivity index (χ4n) is 4.11. The summed E-state index contributed by atoms with van der Waals surface area (Å²) in [7, 11) is -1.45. The van der Waals surface area contributed by atoms with Crippen LogP contribution in [0.4, 0.5) is 5.69 Å². The Hall–Kier alpha value is -3.47. The molecule has 42 heavy (non-hydrogen) atoms. The highest BCUT2D eigenvalue weighted by atomic mass is 35.5. The maximum Gasteiger partial charge on any atom is 0.264 e. The second-order valence-corrected chi connectivity index (χ2v) is 13.2. The largest absolute Gasteiger partial charge is 0.497 e. The lowest BCUT2D eigenvalue weighted by atomic mass is 10.1. The first-order chi connectivity index (χ1) is 19.7. The molecule has 0 spiro atoms. The Morgan fingerprint density at radius 3 is 2.19 bits per heavy atom. The van der Waals surface area contributed by atoms with E-state index in [1.54, 1.807) is 49.4 Å². The number of methoxy groups -OCH3 is 2. The smallest absolute Gasteiger partial charge is 0.264 e. The maximum absolute atomic E-state index is 14.2. The second-order valence-electron chi connectivity index (χ2n) is 10.5. The predicted molar refractivity (Wildman–Crippen MR) is 165 cm³/mol. The summed E-state index contributed by atoms with van der Waals surface area (Å²) in [6.45, 7) is 6.31. The number of nitrogens with zero attached hydrogens (tertiary/aromatic N) is 2. The molecule has 226 valence electrons. The van der Waals surface area contributed by atoms with Crippen LogP contribution in [0.1, 0.15) is 33.3 Å². The van der Waals surface area contributed by atoms with Crippen molar-refractivity contribution >= 4 is 50.7 Å². The number of carbonyl (C=O) groups is 2. The van der Waals surface area contributed by atoms with Crippen molar-refractivity contribution < 1.29 is 27.5 Å². The highest BCUT2D eigenvalue weighted by Gasteiger charge is 2.35. The zero-order chi connectivity index (χ0) is 31.2. The third-order valence-corrected chi connectivity index (χ3v) is 8.65. The Labute approximate surface area is 257 Å². The number of nitrogens with one attached hydrogen (secondary N) is 1. The molecule has 0 aliphatic rings. The Balaban J connectivity index is 2.14. The molecule has 0 aliphatic heterocycles. The molecule has 9 nitrogen and oxygen atoms in total. The number of benzene rings is 3. The van der Waals surface area contributed by atoms with E-state index in [1.807, 2.05) is 20.8 Å². The predicted octanol–water partition coefficient (Wildman–Crippen LogP) is 5.54. The molecule has 0 saturated carbocycles. The summed E-state index contributed by atoms with van der Waals surface area (Å²) in [5, 5.41) is 3.59. The Morgan fingerprint density at radius 1 is 0.952 bits per heavy atom. The molecule has 1 N–H and O–H groups in total. The molecular formula is C30H35Cl2N3O6S. The van der Waals surface area contributed by atoms with Gasteiger partial charge in [-0.15, -0.1) is 0 Å². The fraction of sp³-hybridized carbons (Fsp3) is 0.333. The molecule has 0 fully saturated rings. The summed E-state index contributed by atoms with van der Waals surface area (Å²) in [5.41, 5.74) is 0.0424. The average molecular weight is 637 g/mol. The first-order valence-corrected chi connectivity index (χ1v) is 15.2. The van der Waals surface area contributed by atoms with Crippen molar-refractivity contribution in [2.75, 3.05) is 25.1 Å². The van der Waals surface area contributed by atoms with Crippen LogP contribution in [0.5, 0.6) is 11.5 Å². The van der Waals surface area contributed by atoms with Gasteiger partial charge in [-0.2, -0.15) is 0 Å². The van der Waals surface area contributed by atoms with Gasteiger partial charge in [-0.05, 0) is 69.7 Å². The van der Waals surface area contributed by atoms with E-state index in [0.29, 0.717) is 21.4 Å². The molecule has 3 aromatic rings. The van der Waals surface area contributed by atoms with E-state index >= 15 is 0 Å². The number of sulfonamides is 1. The van der Waals surface area contributed by atoms with Crippen LogP contribution >= 0.6 is 23.2 Å². The van der Waals surface area contributed by atoms with Crippen molar-refractivity contribution in [3.63, 3.8) is 0 Å². The number of hydrogen-bond acceptors (Lipinski definition) is 6. The van der Waals surface area contributed by atoms with Gasteiger partial charge >= 0.3 is 0 Å². The monoisotopic (exact) mass is 635 g/mol. The molecule has 0 unspecified atom stereocenters. The van der Waals surface area contributed by atoms with E-state index in [9.17, 15) is 18.0 Å². The third kappa shape index (κ3) is 8.08. The van der Waals surface area contributed by atoms with E-state index in [2.05, 4.69) is 5.32 Å². The van der Waals surface area contributed by atoms with Crippen molar-refractivity contribution in [2.45, 2.75) is 50.7 Å². The maximum atomic E-state index is 14.2. The molecule has 3 rings (SSSR count). The zero-order valence-corrected chi connectivity index (χ0v) is 26.7. The van der Waals surface area contributed by atoms with Gasteiger partial charge in [0.1, 0.15) is 24.1 Å². The van der Waals surface area contributed by atoms with Crippen molar-refractivity contribution in [1.82, 2.24) is 10.2 Å². The quantitative estimate of drug-likeness (QED) is 0.297. The Bertz CT molecular complexity index is 1530. The van der Waals surface area contributed by atoms with Gasteiger partial charge in [0.25, 0.3) is 10.0 Å². The Morgan fingerprint density at radius 2 is 1.62 bits per heavy atom. The highest BCUT2D eigenvalue weighted by Crippen LogP contribution is 2.36.